The Morgan fingerprint density at radius 1 is 1.19 bits per heavy atom. The molecular formula is C20H18ClNO5. The minimum Gasteiger partial charge on any atom is -0.450 e. The molecule has 7 heteroatoms. The molecule has 3 rings (SSSR count). The highest BCUT2D eigenvalue weighted by Gasteiger charge is 2.22. The standard InChI is InChI=1S/C20H18ClNO5/c1-12-7-8-13(9-16(12)21)22-18(23)11-26-20(24)19-15(10-25-2)14-5-3-4-6-17(14)27-19/h3-9H,10-11H2,1-2H3,(H,22,23). The van der Waals surface area contributed by atoms with Crippen molar-refractivity contribution in [1.82, 2.24) is 0 Å². The van der Waals surface area contributed by atoms with Gasteiger partial charge in [0, 0.05) is 28.8 Å². The summed E-state index contributed by atoms with van der Waals surface area (Å²) in [4.78, 5) is 24.4. The second kappa shape index (κ2) is 8.24. The lowest BCUT2D eigenvalue weighted by Crippen LogP contribution is -2.21. The minimum atomic E-state index is -0.727. The number of esters is 1. The summed E-state index contributed by atoms with van der Waals surface area (Å²) in [7, 11) is 1.52. The topological polar surface area (TPSA) is 77.8 Å². The number of benzene rings is 2. The number of nitrogens with one attached hydrogen (secondary N) is 1. The minimum absolute atomic E-state index is 0.0317. The number of fused-ring (bicyclic) bond motifs is 1. The lowest BCUT2D eigenvalue weighted by molar-refractivity contribution is -0.119. The van der Waals surface area contributed by atoms with E-state index in [1.807, 2.05) is 19.1 Å². The predicted molar refractivity (Wildman–Crippen MR) is 102 cm³/mol. The molecule has 3 aromatic rings. The molecule has 0 aliphatic heterocycles. The van der Waals surface area contributed by atoms with Crippen molar-refractivity contribution in [2.24, 2.45) is 0 Å². The summed E-state index contributed by atoms with van der Waals surface area (Å²) in [5.74, 6) is -1.17. The zero-order valence-electron chi connectivity index (χ0n) is 14.9. The zero-order valence-corrected chi connectivity index (χ0v) is 15.6. The molecule has 0 fully saturated rings. The summed E-state index contributed by atoms with van der Waals surface area (Å²) in [6.07, 6.45) is 0. The second-order valence-electron chi connectivity index (χ2n) is 5.93. The van der Waals surface area contributed by atoms with Gasteiger partial charge in [0.2, 0.25) is 5.76 Å². The van der Waals surface area contributed by atoms with Crippen LogP contribution in [0.3, 0.4) is 0 Å². The maximum Gasteiger partial charge on any atom is 0.375 e. The molecule has 1 N–H and O–H groups in total. The van der Waals surface area contributed by atoms with Crippen LogP contribution in [0.25, 0.3) is 11.0 Å². The number of furan rings is 1. The molecule has 1 heterocycles. The van der Waals surface area contributed by atoms with Gasteiger partial charge in [-0.1, -0.05) is 35.9 Å². The molecule has 0 saturated carbocycles. The maximum atomic E-state index is 12.4. The van der Waals surface area contributed by atoms with Crippen LogP contribution in [0.15, 0.2) is 46.9 Å². The first-order chi connectivity index (χ1) is 13.0. The van der Waals surface area contributed by atoms with Crippen LogP contribution in [0.5, 0.6) is 0 Å². The number of amides is 1. The van der Waals surface area contributed by atoms with E-state index >= 15 is 0 Å². The second-order valence-corrected chi connectivity index (χ2v) is 6.33. The van der Waals surface area contributed by atoms with Crippen molar-refractivity contribution in [3.63, 3.8) is 0 Å². The number of carbonyl (C=O) groups excluding carboxylic acids is 2. The van der Waals surface area contributed by atoms with Crippen LogP contribution in [-0.2, 0) is 20.9 Å². The molecular weight excluding hydrogens is 370 g/mol. The fourth-order valence-corrected chi connectivity index (χ4v) is 2.80. The summed E-state index contributed by atoms with van der Waals surface area (Å²) in [6, 6.07) is 12.4. The average molecular weight is 388 g/mol. The molecule has 6 nitrogen and oxygen atoms in total. The van der Waals surface area contributed by atoms with Crippen LogP contribution < -0.4 is 5.32 Å². The van der Waals surface area contributed by atoms with E-state index in [2.05, 4.69) is 5.32 Å². The summed E-state index contributed by atoms with van der Waals surface area (Å²) < 4.78 is 15.8. The van der Waals surface area contributed by atoms with E-state index in [9.17, 15) is 9.59 Å². The molecule has 0 aliphatic rings. The summed E-state index contributed by atoms with van der Waals surface area (Å²) in [5, 5.41) is 3.93. The van der Waals surface area contributed by atoms with Crippen LogP contribution in [0.4, 0.5) is 5.69 Å². The quantitative estimate of drug-likeness (QED) is 0.637. The monoisotopic (exact) mass is 387 g/mol. The van der Waals surface area contributed by atoms with E-state index in [0.717, 1.165) is 10.9 Å². The zero-order chi connectivity index (χ0) is 19.4. The van der Waals surface area contributed by atoms with Gasteiger partial charge in [-0.05, 0) is 30.7 Å². The number of aryl methyl sites for hydroxylation is 1. The average Bonchev–Trinajstić information content (AvgIpc) is 3.02. The normalized spacial score (nSPS) is 10.8. The van der Waals surface area contributed by atoms with Crippen molar-refractivity contribution < 1.29 is 23.5 Å². The molecule has 0 saturated heterocycles. The summed E-state index contributed by atoms with van der Waals surface area (Å²) in [5.41, 5.74) is 2.56. The number of hydrogen-bond acceptors (Lipinski definition) is 5. The van der Waals surface area contributed by atoms with Crippen LogP contribution >= 0.6 is 11.6 Å². The van der Waals surface area contributed by atoms with Gasteiger partial charge in [0.15, 0.2) is 6.61 Å². The van der Waals surface area contributed by atoms with Gasteiger partial charge in [-0.3, -0.25) is 4.79 Å². The molecule has 27 heavy (non-hydrogen) atoms. The van der Waals surface area contributed by atoms with Crippen molar-refractivity contribution in [2.45, 2.75) is 13.5 Å². The van der Waals surface area contributed by atoms with Gasteiger partial charge in [-0.2, -0.15) is 0 Å². The number of halogens is 1. The Morgan fingerprint density at radius 2 is 1.96 bits per heavy atom. The van der Waals surface area contributed by atoms with E-state index < -0.39 is 18.5 Å². The van der Waals surface area contributed by atoms with Crippen molar-refractivity contribution in [2.75, 3.05) is 19.0 Å². The Bertz CT molecular complexity index is 995. The number of hydrogen-bond donors (Lipinski definition) is 1. The molecule has 0 aliphatic carbocycles. The van der Waals surface area contributed by atoms with E-state index in [0.29, 0.717) is 21.9 Å². The number of para-hydroxylation sites is 1. The van der Waals surface area contributed by atoms with Gasteiger partial charge in [0.05, 0.1) is 6.61 Å². The number of methoxy groups -OCH3 is 1. The molecule has 0 atom stereocenters. The molecule has 140 valence electrons. The highest BCUT2D eigenvalue weighted by molar-refractivity contribution is 6.31. The fourth-order valence-electron chi connectivity index (χ4n) is 2.62. The number of carbonyl (C=O) groups is 2. The highest BCUT2D eigenvalue weighted by atomic mass is 35.5. The van der Waals surface area contributed by atoms with Gasteiger partial charge in [-0.15, -0.1) is 0 Å². The van der Waals surface area contributed by atoms with Gasteiger partial charge >= 0.3 is 5.97 Å². The van der Waals surface area contributed by atoms with Crippen molar-refractivity contribution >= 4 is 40.1 Å². The Morgan fingerprint density at radius 3 is 2.70 bits per heavy atom. The Labute approximate surface area is 161 Å². The van der Waals surface area contributed by atoms with Crippen LogP contribution in [0.1, 0.15) is 21.7 Å². The molecule has 1 amide bonds. The molecule has 0 radical (unpaired) electrons. The van der Waals surface area contributed by atoms with Gasteiger partial charge in [0.1, 0.15) is 5.58 Å². The highest BCUT2D eigenvalue weighted by Crippen LogP contribution is 2.27. The Hall–Kier alpha value is -2.83. The smallest absolute Gasteiger partial charge is 0.375 e. The van der Waals surface area contributed by atoms with E-state index in [1.165, 1.54) is 7.11 Å². The lowest BCUT2D eigenvalue weighted by Gasteiger charge is -2.08. The molecule has 0 spiro atoms. The van der Waals surface area contributed by atoms with Crippen LogP contribution in [0.2, 0.25) is 5.02 Å². The summed E-state index contributed by atoms with van der Waals surface area (Å²) in [6.45, 7) is 1.60. The van der Waals surface area contributed by atoms with Crippen molar-refractivity contribution in [3.8, 4) is 0 Å². The number of anilines is 1. The van der Waals surface area contributed by atoms with E-state index in [-0.39, 0.29) is 12.4 Å². The molecule has 1 aromatic heterocycles. The fraction of sp³-hybridized carbons (Fsp3) is 0.200. The first-order valence-electron chi connectivity index (χ1n) is 8.22. The van der Waals surface area contributed by atoms with Crippen molar-refractivity contribution in [1.29, 1.82) is 0 Å². The first kappa shape index (κ1) is 18.9. The maximum absolute atomic E-state index is 12.4. The predicted octanol–water partition coefficient (Wildman–Crippen LogP) is 4.34. The van der Waals surface area contributed by atoms with Crippen LogP contribution in [-0.4, -0.2) is 25.6 Å². The number of rotatable bonds is 6. The first-order valence-corrected chi connectivity index (χ1v) is 8.60. The third-order valence-corrected chi connectivity index (χ3v) is 4.37. The third-order valence-electron chi connectivity index (χ3n) is 3.96. The van der Waals surface area contributed by atoms with E-state index in [4.69, 9.17) is 25.5 Å². The van der Waals surface area contributed by atoms with Crippen molar-refractivity contribution in [3.05, 3.63) is 64.4 Å². The van der Waals surface area contributed by atoms with Gasteiger partial charge in [-0.25, -0.2) is 4.79 Å². The van der Waals surface area contributed by atoms with Gasteiger partial charge < -0.3 is 19.2 Å². The third kappa shape index (κ3) is 4.30. The molecule has 2 aromatic carbocycles. The largest absolute Gasteiger partial charge is 0.450 e. The van der Waals surface area contributed by atoms with Gasteiger partial charge in [0.25, 0.3) is 5.91 Å². The van der Waals surface area contributed by atoms with Crippen LogP contribution in [0, 0.1) is 6.92 Å². The Kier molecular flexibility index (Phi) is 5.78. The molecule has 0 bridgehead atoms. The lowest BCUT2D eigenvalue weighted by atomic mass is 10.1. The Balaban J connectivity index is 1.68. The number of ether oxygens (including phenoxy) is 2. The summed E-state index contributed by atoms with van der Waals surface area (Å²) >= 11 is 6.03. The van der Waals surface area contributed by atoms with E-state index in [1.54, 1.807) is 30.3 Å². The SMILES string of the molecule is COCc1c(C(=O)OCC(=O)Nc2ccc(C)c(Cl)c2)oc2ccccc12. The molecule has 0 unspecified atom stereocenters.